The highest BCUT2D eigenvalue weighted by Gasteiger charge is 2.31. The summed E-state index contributed by atoms with van der Waals surface area (Å²) in [5.74, 6) is -1.02. The van der Waals surface area contributed by atoms with Crippen molar-refractivity contribution in [2.24, 2.45) is 11.8 Å². The molecule has 1 aliphatic rings. The number of rotatable bonds is 12. The van der Waals surface area contributed by atoms with E-state index in [1.54, 1.807) is 6.08 Å². The number of hydrogen-bond acceptors (Lipinski definition) is 4. The summed E-state index contributed by atoms with van der Waals surface area (Å²) in [5, 5.41) is 18.8. The van der Waals surface area contributed by atoms with Crippen LogP contribution in [0.2, 0.25) is 0 Å². The number of aliphatic hydroxyl groups excluding tert-OH is 1. The number of carbonyl (C=O) groups excluding carboxylic acids is 1. The Bertz CT molecular complexity index is 801. The van der Waals surface area contributed by atoms with E-state index in [4.69, 9.17) is 9.84 Å². The molecule has 0 fully saturated rings. The largest absolute Gasteiger partial charge is 0.491 e. The molecule has 0 unspecified atom stereocenters. The number of carboxylic acid groups (broad SMARTS) is 1. The zero-order valence-electron chi connectivity index (χ0n) is 17.1. The van der Waals surface area contributed by atoms with E-state index in [9.17, 15) is 27.9 Å². The summed E-state index contributed by atoms with van der Waals surface area (Å²) >= 11 is 0. The maximum absolute atomic E-state index is 12.7. The van der Waals surface area contributed by atoms with Crippen molar-refractivity contribution >= 4 is 11.8 Å². The van der Waals surface area contributed by atoms with Crippen molar-refractivity contribution in [2.45, 2.75) is 50.8 Å². The molecule has 0 amide bonds. The van der Waals surface area contributed by atoms with Gasteiger partial charge in [0.25, 0.3) is 0 Å². The molecule has 0 bridgehead atoms. The molecule has 1 aromatic rings. The van der Waals surface area contributed by atoms with E-state index in [2.05, 4.69) is 0 Å². The highest BCUT2D eigenvalue weighted by atomic mass is 19.4. The van der Waals surface area contributed by atoms with Crippen molar-refractivity contribution in [3.63, 3.8) is 0 Å². The van der Waals surface area contributed by atoms with Gasteiger partial charge in [0.1, 0.15) is 12.4 Å². The maximum Gasteiger partial charge on any atom is 0.416 e. The van der Waals surface area contributed by atoms with Gasteiger partial charge in [0, 0.05) is 12.3 Å². The number of ketones is 1. The van der Waals surface area contributed by atoms with Crippen molar-refractivity contribution in [3.8, 4) is 5.75 Å². The van der Waals surface area contributed by atoms with Gasteiger partial charge in [-0.15, -0.1) is 0 Å². The van der Waals surface area contributed by atoms with E-state index >= 15 is 0 Å². The molecule has 1 aliphatic carbocycles. The third kappa shape index (κ3) is 8.57. The lowest BCUT2D eigenvalue weighted by Crippen LogP contribution is -2.21. The van der Waals surface area contributed by atoms with Crippen LogP contribution in [0.25, 0.3) is 0 Å². The smallest absolute Gasteiger partial charge is 0.416 e. The fourth-order valence-corrected chi connectivity index (χ4v) is 3.43. The van der Waals surface area contributed by atoms with Crippen LogP contribution in [0.3, 0.4) is 0 Å². The van der Waals surface area contributed by atoms with Gasteiger partial charge in [-0.2, -0.15) is 13.2 Å². The third-order valence-electron chi connectivity index (χ3n) is 5.15. The first-order valence-electron chi connectivity index (χ1n) is 10.2. The fourth-order valence-electron chi connectivity index (χ4n) is 3.43. The van der Waals surface area contributed by atoms with Gasteiger partial charge in [0.05, 0.1) is 11.7 Å². The molecule has 8 heteroatoms. The van der Waals surface area contributed by atoms with Gasteiger partial charge in [-0.1, -0.05) is 24.3 Å². The lowest BCUT2D eigenvalue weighted by molar-refractivity contribution is -0.138. The van der Waals surface area contributed by atoms with E-state index < -0.39 is 23.8 Å². The summed E-state index contributed by atoms with van der Waals surface area (Å²) in [6.45, 7) is -0.139. The molecular weight excluding hydrogens is 413 g/mol. The van der Waals surface area contributed by atoms with Gasteiger partial charge in [-0.25, -0.2) is 0 Å². The highest BCUT2D eigenvalue weighted by Crippen LogP contribution is 2.32. The molecule has 2 rings (SSSR count). The number of carboxylic acids is 1. The molecule has 31 heavy (non-hydrogen) atoms. The van der Waals surface area contributed by atoms with Crippen LogP contribution in [0, 0.1) is 11.8 Å². The number of unbranched alkanes of at least 4 members (excludes halogenated alkanes) is 1. The molecule has 2 N–H and O–H groups in total. The van der Waals surface area contributed by atoms with Crippen molar-refractivity contribution < 1.29 is 37.7 Å². The van der Waals surface area contributed by atoms with E-state index in [0.29, 0.717) is 32.1 Å². The summed E-state index contributed by atoms with van der Waals surface area (Å²) in [5.41, 5.74) is -0.812. The summed E-state index contributed by atoms with van der Waals surface area (Å²) in [6.07, 6.45) is 4.53. The molecular formula is C23H27F3O5. The zero-order valence-corrected chi connectivity index (χ0v) is 17.1. The minimum Gasteiger partial charge on any atom is -0.491 e. The summed E-state index contributed by atoms with van der Waals surface area (Å²) < 4.78 is 43.5. The van der Waals surface area contributed by atoms with Crippen molar-refractivity contribution in [3.05, 3.63) is 54.1 Å². The molecule has 0 radical (unpaired) electrons. The molecule has 0 saturated carbocycles. The third-order valence-corrected chi connectivity index (χ3v) is 5.15. The van der Waals surface area contributed by atoms with Crippen LogP contribution in [0.1, 0.15) is 44.1 Å². The van der Waals surface area contributed by atoms with E-state index in [-0.39, 0.29) is 36.4 Å². The first-order chi connectivity index (χ1) is 14.7. The number of benzene rings is 1. The van der Waals surface area contributed by atoms with Crippen molar-refractivity contribution in [2.75, 3.05) is 6.61 Å². The lowest BCUT2D eigenvalue weighted by Gasteiger charge is -2.19. The Morgan fingerprint density at radius 3 is 2.74 bits per heavy atom. The van der Waals surface area contributed by atoms with Crippen LogP contribution in [-0.4, -0.2) is 34.7 Å². The highest BCUT2D eigenvalue weighted by molar-refractivity contribution is 5.94. The van der Waals surface area contributed by atoms with Crippen LogP contribution in [0.15, 0.2) is 48.6 Å². The number of hydrogen-bond donors (Lipinski definition) is 2. The van der Waals surface area contributed by atoms with Crippen LogP contribution < -0.4 is 4.74 Å². The molecule has 0 spiro atoms. The Morgan fingerprint density at radius 2 is 2.03 bits per heavy atom. The van der Waals surface area contributed by atoms with Crippen LogP contribution >= 0.6 is 0 Å². The minimum absolute atomic E-state index is 0.0230. The molecule has 0 saturated heterocycles. The lowest BCUT2D eigenvalue weighted by atomic mass is 9.87. The summed E-state index contributed by atoms with van der Waals surface area (Å²) in [6, 6.07) is 4.50. The zero-order chi connectivity index (χ0) is 22.9. The van der Waals surface area contributed by atoms with E-state index in [1.807, 2.05) is 18.2 Å². The number of carbonyl (C=O) groups is 2. The Kier molecular flexibility index (Phi) is 9.30. The molecule has 5 nitrogen and oxygen atoms in total. The Labute approximate surface area is 179 Å². The minimum atomic E-state index is -4.46. The van der Waals surface area contributed by atoms with Crippen molar-refractivity contribution in [1.29, 1.82) is 0 Å². The number of aliphatic carboxylic acids is 1. The standard InChI is InChI=1S/C23H27F3O5/c24-23(25,26)17-6-5-7-19(14-17)31-15-18(27)12-10-16-11-13-21(28)20(16)8-3-1-2-4-9-22(29)30/h1,3,5-7,11,13-14,16,18,20,27H,2,4,8-10,12,15H2,(H,29,30)/b3-1-/t16-,18+,20+/m0/s1. The van der Waals surface area contributed by atoms with Crippen molar-refractivity contribution in [1.82, 2.24) is 0 Å². The maximum atomic E-state index is 12.7. The van der Waals surface area contributed by atoms with Crippen LogP contribution in [0.4, 0.5) is 13.2 Å². The van der Waals surface area contributed by atoms with Crippen LogP contribution in [0.5, 0.6) is 5.75 Å². The van der Waals surface area contributed by atoms with E-state index in [1.165, 1.54) is 12.1 Å². The topological polar surface area (TPSA) is 83.8 Å². The molecule has 0 aliphatic heterocycles. The molecule has 0 heterocycles. The Balaban J connectivity index is 1.75. The van der Waals surface area contributed by atoms with E-state index in [0.717, 1.165) is 12.1 Å². The Hall–Kier alpha value is -2.61. The average molecular weight is 440 g/mol. The second kappa shape index (κ2) is 11.7. The first kappa shape index (κ1) is 24.7. The fraction of sp³-hybridized carbons (Fsp3) is 0.478. The number of halogens is 3. The average Bonchev–Trinajstić information content (AvgIpc) is 3.06. The van der Waals surface area contributed by atoms with Gasteiger partial charge in [0.2, 0.25) is 0 Å². The monoisotopic (exact) mass is 440 g/mol. The summed E-state index contributed by atoms with van der Waals surface area (Å²) in [4.78, 5) is 22.6. The Morgan fingerprint density at radius 1 is 1.26 bits per heavy atom. The van der Waals surface area contributed by atoms with Crippen LogP contribution in [-0.2, 0) is 15.8 Å². The van der Waals surface area contributed by atoms with Gasteiger partial charge in [0.15, 0.2) is 5.78 Å². The van der Waals surface area contributed by atoms with Gasteiger partial charge < -0.3 is 14.9 Å². The normalized spacial score (nSPS) is 19.8. The predicted octanol–water partition coefficient (Wildman–Crippen LogP) is 4.80. The number of aliphatic hydroxyl groups is 1. The second-order valence-electron chi connectivity index (χ2n) is 7.59. The van der Waals surface area contributed by atoms with Gasteiger partial charge >= 0.3 is 12.1 Å². The number of alkyl halides is 3. The predicted molar refractivity (Wildman–Crippen MR) is 109 cm³/mol. The molecule has 1 aromatic carbocycles. The second-order valence-corrected chi connectivity index (χ2v) is 7.59. The quantitative estimate of drug-likeness (QED) is 0.360. The SMILES string of the molecule is O=C(O)CCC/C=C\C[C@H]1C(=O)C=C[C@@H]1CC[C@@H](O)COc1cccc(C(F)(F)F)c1. The number of ether oxygens (including phenoxy) is 1. The summed E-state index contributed by atoms with van der Waals surface area (Å²) in [7, 11) is 0. The van der Waals surface area contributed by atoms with Gasteiger partial charge in [-0.3, -0.25) is 9.59 Å². The number of allylic oxidation sites excluding steroid dienone is 4. The first-order valence-corrected chi connectivity index (χ1v) is 10.2. The molecule has 3 atom stereocenters. The molecule has 170 valence electrons. The van der Waals surface area contributed by atoms with Gasteiger partial charge in [-0.05, 0) is 62.3 Å². The molecule has 0 aromatic heterocycles.